The van der Waals surface area contributed by atoms with Gasteiger partial charge in [-0.1, -0.05) is 65.7 Å². The molecule has 0 bridgehead atoms. The predicted octanol–water partition coefficient (Wildman–Crippen LogP) is 4.98. The highest BCUT2D eigenvalue weighted by atomic mass is 35.5. The van der Waals surface area contributed by atoms with Gasteiger partial charge >= 0.3 is 0 Å². The molecular weight excluding hydrogens is 429 g/mol. The maximum Gasteiger partial charge on any atom is 0.255 e. The Kier molecular flexibility index (Phi) is 5.56. The van der Waals surface area contributed by atoms with Crippen molar-refractivity contribution in [1.82, 2.24) is 4.90 Å². The maximum atomic E-state index is 13.6. The lowest BCUT2D eigenvalue weighted by Crippen LogP contribution is -2.40. The fourth-order valence-electron chi connectivity index (χ4n) is 3.79. The number of hydrogen-bond acceptors (Lipinski definition) is 3. The van der Waals surface area contributed by atoms with Crippen molar-refractivity contribution in [2.24, 2.45) is 0 Å². The van der Waals surface area contributed by atoms with E-state index in [1.165, 1.54) is 0 Å². The van der Waals surface area contributed by atoms with Gasteiger partial charge in [0.25, 0.3) is 5.91 Å². The molecule has 0 spiro atoms. The van der Waals surface area contributed by atoms with Gasteiger partial charge in [-0.25, -0.2) is 8.42 Å². The normalized spacial score (nSPS) is 18.1. The van der Waals surface area contributed by atoms with Crippen LogP contribution in [0.2, 0.25) is 10.0 Å². The number of fused-ring (bicyclic) bond motifs is 1. The van der Waals surface area contributed by atoms with Crippen molar-refractivity contribution in [3.05, 3.63) is 81.8 Å². The van der Waals surface area contributed by atoms with E-state index in [0.717, 1.165) is 16.3 Å². The van der Waals surface area contributed by atoms with Crippen LogP contribution in [0, 0.1) is 0 Å². The summed E-state index contributed by atoms with van der Waals surface area (Å²) < 4.78 is 24.2. The third-order valence-electron chi connectivity index (χ3n) is 5.29. The van der Waals surface area contributed by atoms with E-state index in [1.54, 1.807) is 29.2 Å². The average molecular weight is 448 g/mol. The van der Waals surface area contributed by atoms with E-state index in [2.05, 4.69) is 0 Å². The molecule has 1 atom stereocenters. The van der Waals surface area contributed by atoms with Crippen molar-refractivity contribution in [3.63, 3.8) is 0 Å². The summed E-state index contributed by atoms with van der Waals surface area (Å²) in [5, 5.41) is 2.76. The highest BCUT2D eigenvalue weighted by Crippen LogP contribution is 2.28. The molecule has 0 aliphatic carbocycles. The van der Waals surface area contributed by atoms with Gasteiger partial charge in [0.2, 0.25) is 0 Å². The smallest absolute Gasteiger partial charge is 0.255 e. The van der Waals surface area contributed by atoms with Crippen LogP contribution < -0.4 is 0 Å². The monoisotopic (exact) mass is 447 g/mol. The first-order valence-corrected chi connectivity index (χ1v) is 11.8. The largest absolute Gasteiger partial charge is 0.330 e. The van der Waals surface area contributed by atoms with Gasteiger partial charge in [-0.15, -0.1) is 0 Å². The fourth-order valence-corrected chi connectivity index (χ4v) is 5.99. The second-order valence-corrected chi connectivity index (χ2v) is 10.3. The van der Waals surface area contributed by atoms with Gasteiger partial charge in [0.1, 0.15) is 0 Å². The number of halogens is 2. The number of benzene rings is 3. The van der Waals surface area contributed by atoms with E-state index in [-0.39, 0.29) is 24.0 Å². The molecule has 3 aromatic carbocycles. The number of amides is 1. The summed E-state index contributed by atoms with van der Waals surface area (Å²) >= 11 is 12.3. The lowest BCUT2D eigenvalue weighted by molar-refractivity contribution is 0.0683. The summed E-state index contributed by atoms with van der Waals surface area (Å²) in [5.74, 6) is -0.144. The minimum atomic E-state index is -3.16. The highest BCUT2D eigenvalue weighted by molar-refractivity contribution is 7.91. The first kappa shape index (κ1) is 20.2. The standard InChI is InChI=1S/C22H19Cl2NO3S/c23-17-9-8-16(21(24)12-17)13-25(18-10-11-29(27,28)14-18)22(26)20-7-3-5-15-4-1-2-6-19(15)20/h1-9,12,18H,10-11,13-14H2/t18-/m1/s1. The van der Waals surface area contributed by atoms with Crippen LogP contribution in [-0.4, -0.2) is 36.8 Å². The number of rotatable bonds is 4. The zero-order valence-corrected chi connectivity index (χ0v) is 17.8. The predicted molar refractivity (Wildman–Crippen MR) is 117 cm³/mol. The third-order valence-corrected chi connectivity index (χ3v) is 7.62. The lowest BCUT2D eigenvalue weighted by Gasteiger charge is -2.29. The fraction of sp³-hybridized carbons (Fsp3) is 0.227. The molecule has 3 aromatic rings. The van der Waals surface area contributed by atoms with Crippen LogP contribution in [0.15, 0.2) is 60.7 Å². The summed E-state index contributed by atoms with van der Waals surface area (Å²) in [4.78, 5) is 15.2. The summed E-state index contributed by atoms with van der Waals surface area (Å²) in [7, 11) is -3.16. The summed E-state index contributed by atoms with van der Waals surface area (Å²) in [6.45, 7) is 0.220. The topological polar surface area (TPSA) is 54.5 Å². The van der Waals surface area contributed by atoms with E-state index in [4.69, 9.17) is 23.2 Å². The molecule has 1 aliphatic rings. The summed E-state index contributed by atoms with van der Waals surface area (Å²) in [6, 6.07) is 18.0. The van der Waals surface area contributed by atoms with Crippen molar-refractivity contribution >= 4 is 49.7 Å². The molecule has 0 N–H and O–H groups in total. The van der Waals surface area contributed by atoms with Gasteiger partial charge in [-0.2, -0.15) is 0 Å². The Bertz CT molecular complexity index is 1190. The molecule has 0 saturated carbocycles. The van der Waals surface area contributed by atoms with Gasteiger partial charge < -0.3 is 4.90 Å². The van der Waals surface area contributed by atoms with Gasteiger partial charge in [0, 0.05) is 28.2 Å². The Hall–Kier alpha value is -2.08. The first-order valence-electron chi connectivity index (χ1n) is 9.27. The van der Waals surface area contributed by atoms with Crippen LogP contribution in [-0.2, 0) is 16.4 Å². The molecule has 0 unspecified atom stereocenters. The molecular formula is C22H19Cl2NO3S. The number of hydrogen-bond donors (Lipinski definition) is 0. The molecule has 0 radical (unpaired) electrons. The molecule has 0 aromatic heterocycles. The van der Waals surface area contributed by atoms with Crippen LogP contribution in [0.3, 0.4) is 0 Å². The van der Waals surface area contributed by atoms with Gasteiger partial charge in [-0.3, -0.25) is 4.79 Å². The Morgan fingerprint density at radius 1 is 1.03 bits per heavy atom. The Morgan fingerprint density at radius 2 is 1.79 bits per heavy atom. The first-order chi connectivity index (χ1) is 13.8. The molecule has 1 heterocycles. The van der Waals surface area contributed by atoms with Gasteiger partial charge in [0.15, 0.2) is 9.84 Å². The second kappa shape index (κ2) is 7.98. The maximum absolute atomic E-state index is 13.6. The van der Waals surface area contributed by atoms with E-state index in [0.29, 0.717) is 22.0 Å². The van der Waals surface area contributed by atoms with Crippen molar-refractivity contribution in [1.29, 1.82) is 0 Å². The highest BCUT2D eigenvalue weighted by Gasteiger charge is 2.35. The molecule has 1 saturated heterocycles. The van der Waals surface area contributed by atoms with E-state index < -0.39 is 15.9 Å². The summed E-state index contributed by atoms with van der Waals surface area (Å²) in [6.07, 6.45) is 0.421. The molecule has 1 aliphatic heterocycles. The molecule has 7 heteroatoms. The van der Waals surface area contributed by atoms with Crippen LogP contribution >= 0.6 is 23.2 Å². The average Bonchev–Trinajstić information content (AvgIpc) is 3.06. The Labute approximate surface area is 180 Å². The van der Waals surface area contributed by atoms with E-state index in [1.807, 2.05) is 36.4 Å². The summed E-state index contributed by atoms with van der Waals surface area (Å²) in [5.41, 5.74) is 1.28. The van der Waals surface area contributed by atoms with Crippen LogP contribution in [0.1, 0.15) is 22.3 Å². The second-order valence-electron chi connectivity index (χ2n) is 7.25. The molecule has 29 heavy (non-hydrogen) atoms. The van der Waals surface area contributed by atoms with Crippen molar-refractivity contribution in [3.8, 4) is 0 Å². The van der Waals surface area contributed by atoms with Crippen LogP contribution in [0.4, 0.5) is 0 Å². The van der Waals surface area contributed by atoms with Gasteiger partial charge in [0.05, 0.1) is 11.5 Å². The zero-order chi connectivity index (χ0) is 20.6. The minimum Gasteiger partial charge on any atom is -0.330 e. The lowest BCUT2D eigenvalue weighted by atomic mass is 10.0. The Morgan fingerprint density at radius 3 is 2.52 bits per heavy atom. The minimum absolute atomic E-state index is 0.0330. The zero-order valence-electron chi connectivity index (χ0n) is 15.5. The SMILES string of the molecule is O=C(c1cccc2ccccc12)N(Cc1ccc(Cl)cc1Cl)[C@@H]1CCS(=O)(=O)C1. The van der Waals surface area contributed by atoms with Crippen LogP contribution in [0.5, 0.6) is 0 Å². The molecule has 1 amide bonds. The molecule has 4 nitrogen and oxygen atoms in total. The number of carbonyl (C=O) groups excluding carboxylic acids is 1. The molecule has 4 rings (SSSR count). The Balaban J connectivity index is 1.76. The van der Waals surface area contributed by atoms with E-state index in [9.17, 15) is 13.2 Å². The number of carbonyl (C=O) groups is 1. The third kappa shape index (κ3) is 4.27. The quantitative estimate of drug-likeness (QED) is 0.566. The molecule has 1 fully saturated rings. The molecule has 150 valence electrons. The van der Waals surface area contributed by atoms with Crippen molar-refractivity contribution < 1.29 is 13.2 Å². The van der Waals surface area contributed by atoms with Gasteiger partial charge in [-0.05, 0) is 41.0 Å². The number of sulfone groups is 1. The van der Waals surface area contributed by atoms with Crippen LogP contribution in [0.25, 0.3) is 10.8 Å². The van der Waals surface area contributed by atoms with Crippen molar-refractivity contribution in [2.75, 3.05) is 11.5 Å². The number of nitrogens with zero attached hydrogens (tertiary/aromatic N) is 1. The van der Waals surface area contributed by atoms with E-state index >= 15 is 0 Å². The van der Waals surface area contributed by atoms with Crippen molar-refractivity contribution in [2.45, 2.75) is 19.0 Å².